The highest BCUT2D eigenvalue weighted by molar-refractivity contribution is 6.00. The normalized spacial score (nSPS) is 17.6. The number of hydrogen-bond acceptors (Lipinski definition) is 1. The van der Waals surface area contributed by atoms with Crippen LogP contribution in [0.15, 0.2) is 182 Å². The van der Waals surface area contributed by atoms with Gasteiger partial charge in [-0.3, -0.25) is 4.90 Å². The molecule has 0 amide bonds. The molecule has 11 rings (SSSR count). The molecular weight excluding hydrogens is 663 g/mol. The molecule has 1 nitrogen and oxygen atoms in total. The highest BCUT2D eigenvalue weighted by atomic mass is 15.1. The molecule has 0 fully saturated rings. The molecule has 2 spiro atoms. The number of fused-ring (bicyclic) bond motifs is 17. The number of nitrogens with zero attached hydrogens (tertiary/aromatic N) is 1. The quantitative estimate of drug-likeness (QED) is 0.172. The zero-order valence-corrected chi connectivity index (χ0v) is 31.7. The monoisotopic (exact) mass is 705 g/mol. The van der Waals surface area contributed by atoms with Gasteiger partial charge in [-0.1, -0.05) is 176 Å². The lowest BCUT2D eigenvalue weighted by atomic mass is 9.70. The lowest BCUT2D eigenvalue weighted by Crippen LogP contribution is -2.30. The van der Waals surface area contributed by atoms with Crippen molar-refractivity contribution in [3.63, 3.8) is 0 Å². The number of allylic oxidation sites excluding steroid dienone is 3. The van der Waals surface area contributed by atoms with Gasteiger partial charge < -0.3 is 0 Å². The van der Waals surface area contributed by atoms with Crippen molar-refractivity contribution in [1.29, 1.82) is 0 Å². The zero-order chi connectivity index (χ0) is 36.9. The molecule has 0 N–H and O–H groups in total. The highest BCUT2D eigenvalue weighted by Crippen LogP contribution is 2.64. The van der Waals surface area contributed by atoms with Crippen molar-refractivity contribution in [2.45, 2.75) is 43.7 Å². The van der Waals surface area contributed by atoms with Gasteiger partial charge >= 0.3 is 0 Å². The summed E-state index contributed by atoms with van der Waals surface area (Å²) in [5.74, 6) is 0. The molecule has 264 valence electrons. The van der Waals surface area contributed by atoms with Crippen LogP contribution in [0.2, 0.25) is 0 Å². The summed E-state index contributed by atoms with van der Waals surface area (Å²) in [5.41, 5.74) is 22.8. The summed E-state index contributed by atoms with van der Waals surface area (Å²) in [6, 6.07) is 62.2. The first-order valence-electron chi connectivity index (χ1n) is 19.9. The minimum Gasteiger partial charge on any atom is -0.299 e. The third-order valence-electron chi connectivity index (χ3n) is 13.5. The van der Waals surface area contributed by atoms with Gasteiger partial charge in [0, 0.05) is 12.6 Å². The van der Waals surface area contributed by atoms with E-state index in [4.69, 9.17) is 0 Å². The second kappa shape index (κ2) is 12.0. The van der Waals surface area contributed by atoms with E-state index in [0.29, 0.717) is 6.04 Å². The fourth-order valence-electron chi connectivity index (χ4n) is 11.1. The molecule has 1 atom stereocenters. The molecule has 4 aliphatic rings. The van der Waals surface area contributed by atoms with Gasteiger partial charge in [0.25, 0.3) is 0 Å². The van der Waals surface area contributed by atoms with Crippen molar-refractivity contribution in [2.75, 3.05) is 7.05 Å². The maximum Gasteiger partial charge on any atom is 0.0725 e. The Morgan fingerprint density at radius 2 is 0.855 bits per heavy atom. The Hall–Kier alpha value is -6.02. The standard InChI is InChI=1S/C54H43N/c1-4-37-38-17-5-11-23-45(38)53(46-24-12-6-18-39(46)40-19-7-13-25-47(40)53)51(37)32-29-35(2)55(3)34-36-30-31-44-43-22-10-16-28-50(43)54(52(44)33-36)48-26-14-8-20-41(48)42-21-9-15-27-49(42)54/h4-28,30-33,35H,29,34H2,1-3H3/b37-4?,51-32+. The van der Waals surface area contributed by atoms with Gasteiger partial charge in [-0.15, -0.1) is 0 Å². The van der Waals surface area contributed by atoms with Crippen LogP contribution in [0.5, 0.6) is 0 Å². The van der Waals surface area contributed by atoms with Crippen LogP contribution in [0.4, 0.5) is 0 Å². The summed E-state index contributed by atoms with van der Waals surface area (Å²) < 4.78 is 0. The van der Waals surface area contributed by atoms with Crippen molar-refractivity contribution in [3.8, 4) is 33.4 Å². The lowest BCUT2D eigenvalue weighted by molar-refractivity contribution is 0.250. The first-order valence-corrected chi connectivity index (χ1v) is 19.9. The molecule has 1 unspecified atom stereocenters. The summed E-state index contributed by atoms with van der Waals surface area (Å²) >= 11 is 0. The molecule has 0 aromatic heterocycles. The van der Waals surface area contributed by atoms with Crippen molar-refractivity contribution in [1.82, 2.24) is 4.90 Å². The van der Waals surface area contributed by atoms with Crippen molar-refractivity contribution in [3.05, 3.63) is 232 Å². The van der Waals surface area contributed by atoms with Gasteiger partial charge in [0.1, 0.15) is 0 Å². The average molecular weight is 706 g/mol. The molecule has 0 radical (unpaired) electrons. The van der Waals surface area contributed by atoms with Crippen LogP contribution < -0.4 is 0 Å². The van der Waals surface area contributed by atoms with Gasteiger partial charge in [-0.2, -0.15) is 0 Å². The Morgan fingerprint density at radius 3 is 1.31 bits per heavy atom. The summed E-state index contributed by atoms with van der Waals surface area (Å²) in [5, 5.41) is 0. The molecule has 0 saturated carbocycles. The molecule has 7 aromatic rings. The second-order valence-electron chi connectivity index (χ2n) is 16.0. The van der Waals surface area contributed by atoms with Crippen molar-refractivity contribution < 1.29 is 0 Å². The maximum atomic E-state index is 2.58. The lowest BCUT2D eigenvalue weighted by Gasteiger charge is -2.32. The summed E-state index contributed by atoms with van der Waals surface area (Å²) in [6.45, 7) is 5.48. The fourth-order valence-corrected chi connectivity index (χ4v) is 11.1. The minimum atomic E-state index is -0.318. The SMILES string of the molecule is CC=C1/C(=C\CC(C)N(C)Cc2ccc3c(c2)C2(c4ccccc4-c4ccccc42)c2ccccc2-3)C2(c3ccccc31)c1ccccc1-c1ccccc12. The molecule has 1 heteroatoms. The van der Waals surface area contributed by atoms with Crippen LogP contribution in [-0.2, 0) is 17.4 Å². The Labute approximate surface area is 325 Å². The Balaban J connectivity index is 0.975. The van der Waals surface area contributed by atoms with Crippen molar-refractivity contribution in [2.24, 2.45) is 0 Å². The third kappa shape index (κ3) is 4.17. The summed E-state index contributed by atoms with van der Waals surface area (Å²) in [7, 11) is 2.30. The topological polar surface area (TPSA) is 3.24 Å². The van der Waals surface area contributed by atoms with Gasteiger partial charge in [0.05, 0.1) is 10.8 Å². The van der Waals surface area contributed by atoms with Gasteiger partial charge in [-0.25, -0.2) is 0 Å². The predicted molar refractivity (Wildman–Crippen MR) is 228 cm³/mol. The van der Waals surface area contributed by atoms with E-state index in [-0.39, 0.29) is 10.8 Å². The predicted octanol–water partition coefficient (Wildman–Crippen LogP) is 12.6. The van der Waals surface area contributed by atoms with Crippen LogP contribution in [-0.4, -0.2) is 18.0 Å². The van der Waals surface area contributed by atoms with Gasteiger partial charge in [0.15, 0.2) is 0 Å². The van der Waals surface area contributed by atoms with E-state index in [1.807, 2.05) is 0 Å². The van der Waals surface area contributed by atoms with E-state index in [0.717, 1.165) is 13.0 Å². The van der Waals surface area contributed by atoms with E-state index in [9.17, 15) is 0 Å². The number of benzene rings is 7. The largest absolute Gasteiger partial charge is 0.299 e. The van der Waals surface area contributed by atoms with Crippen LogP contribution in [0.25, 0.3) is 39.0 Å². The Kier molecular flexibility index (Phi) is 7.07. The summed E-state index contributed by atoms with van der Waals surface area (Å²) in [4.78, 5) is 2.55. The van der Waals surface area contributed by atoms with Gasteiger partial charge in [0.2, 0.25) is 0 Å². The van der Waals surface area contributed by atoms with Crippen LogP contribution >= 0.6 is 0 Å². The molecule has 7 aromatic carbocycles. The smallest absolute Gasteiger partial charge is 0.0725 e. The van der Waals surface area contributed by atoms with Crippen molar-refractivity contribution >= 4 is 5.57 Å². The number of rotatable bonds is 5. The second-order valence-corrected chi connectivity index (χ2v) is 16.0. The summed E-state index contributed by atoms with van der Waals surface area (Å²) in [6.07, 6.45) is 5.87. The first-order chi connectivity index (χ1) is 27.1. The number of hydrogen-bond donors (Lipinski definition) is 0. The highest BCUT2D eigenvalue weighted by Gasteiger charge is 2.53. The average Bonchev–Trinajstić information content (AvgIpc) is 3.91. The van der Waals surface area contributed by atoms with E-state index >= 15 is 0 Å². The molecule has 55 heavy (non-hydrogen) atoms. The van der Waals surface area contributed by atoms with E-state index in [1.165, 1.54) is 94.6 Å². The Bertz CT molecular complexity index is 2670. The van der Waals surface area contributed by atoms with E-state index in [2.05, 4.69) is 202 Å². The van der Waals surface area contributed by atoms with Crippen LogP contribution in [0, 0.1) is 0 Å². The fraction of sp³-hybridized carbons (Fsp3) is 0.148. The Morgan fingerprint density at radius 1 is 0.473 bits per heavy atom. The molecule has 0 aliphatic heterocycles. The zero-order valence-electron chi connectivity index (χ0n) is 31.7. The minimum absolute atomic E-state index is 0.313. The van der Waals surface area contributed by atoms with Crippen LogP contribution in [0.3, 0.4) is 0 Å². The molecular formula is C54H43N. The molecule has 0 saturated heterocycles. The van der Waals surface area contributed by atoms with E-state index in [1.54, 1.807) is 0 Å². The third-order valence-corrected chi connectivity index (χ3v) is 13.5. The molecule has 4 aliphatic carbocycles. The molecule has 0 bridgehead atoms. The molecule has 0 heterocycles. The van der Waals surface area contributed by atoms with Gasteiger partial charge in [-0.05, 0) is 122 Å². The first kappa shape index (κ1) is 32.4. The maximum absolute atomic E-state index is 2.58. The van der Waals surface area contributed by atoms with Crippen LogP contribution in [0.1, 0.15) is 70.3 Å². The van der Waals surface area contributed by atoms with E-state index < -0.39 is 0 Å².